The zero-order chi connectivity index (χ0) is 15.4. The highest BCUT2D eigenvalue weighted by atomic mass is 32.1. The Labute approximate surface area is 132 Å². The molecule has 3 rings (SSSR count). The van der Waals surface area contributed by atoms with Crippen LogP contribution >= 0.6 is 11.3 Å². The maximum absolute atomic E-state index is 9.17. The van der Waals surface area contributed by atoms with Crippen LogP contribution in [0.15, 0.2) is 48.1 Å². The van der Waals surface area contributed by atoms with Crippen LogP contribution in [0.3, 0.4) is 0 Å². The van der Waals surface area contributed by atoms with Gasteiger partial charge in [-0.15, -0.1) is 11.3 Å². The molecule has 112 valence electrons. The van der Waals surface area contributed by atoms with Crippen molar-refractivity contribution < 1.29 is 9.84 Å². The number of aliphatic hydroxyl groups is 1. The van der Waals surface area contributed by atoms with Gasteiger partial charge in [-0.1, -0.05) is 12.1 Å². The SMILES string of the molecule is Cc1csc(Nc2ccccc2Oc2cncc(CO)c2)n1. The van der Waals surface area contributed by atoms with Crippen molar-refractivity contribution in [3.8, 4) is 11.5 Å². The van der Waals surface area contributed by atoms with Crippen molar-refractivity contribution in [2.45, 2.75) is 13.5 Å². The third-order valence-corrected chi connectivity index (χ3v) is 3.80. The highest BCUT2D eigenvalue weighted by Gasteiger charge is 2.07. The van der Waals surface area contributed by atoms with Crippen LogP contribution < -0.4 is 10.1 Å². The van der Waals surface area contributed by atoms with E-state index in [0.29, 0.717) is 17.1 Å². The summed E-state index contributed by atoms with van der Waals surface area (Å²) in [6.07, 6.45) is 3.22. The lowest BCUT2D eigenvalue weighted by molar-refractivity contribution is 0.280. The lowest BCUT2D eigenvalue weighted by atomic mass is 10.3. The summed E-state index contributed by atoms with van der Waals surface area (Å²) in [6, 6.07) is 9.39. The molecule has 2 N–H and O–H groups in total. The van der Waals surface area contributed by atoms with Gasteiger partial charge >= 0.3 is 0 Å². The molecule has 3 aromatic rings. The number of anilines is 2. The minimum atomic E-state index is -0.0670. The van der Waals surface area contributed by atoms with Crippen LogP contribution in [-0.4, -0.2) is 15.1 Å². The van der Waals surface area contributed by atoms with E-state index in [1.54, 1.807) is 29.8 Å². The van der Waals surface area contributed by atoms with Crippen LogP contribution in [0.1, 0.15) is 11.3 Å². The number of benzene rings is 1. The largest absolute Gasteiger partial charge is 0.454 e. The summed E-state index contributed by atoms with van der Waals surface area (Å²) in [5, 5.41) is 15.2. The summed E-state index contributed by atoms with van der Waals surface area (Å²) in [4.78, 5) is 8.44. The van der Waals surface area contributed by atoms with Crippen LogP contribution in [0.5, 0.6) is 11.5 Å². The summed E-state index contributed by atoms with van der Waals surface area (Å²) in [5.41, 5.74) is 2.51. The first kappa shape index (κ1) is 14.5. The summed E-state index contributed by atoms with van der Waals surface area (Å²) < 4.78 is 5.87. The number of nitrogens with zero attached hydrogens (tertiary/aromatic N) is 2. The van der Waals surface area contributed by atoms with E-state index in [1.165, 1.54) is 0 Å². The third-order valence-electron chi connectivity index (χ3n) is 2.93. The number of ether oxygens (including phenoxy) is 1. The summed E-state index contributed by atoms with van der Waals surface area (Å²) >= 11 is 1.54. The molecule has 5 nitrogen and oxygen atoms in total. The third kappa shape index (κ3) is 3.41. The van der Waals surface area contributed by atoms with Crippen LogP contribution in [0, 0.1) is 6.92 Å². The van der Waals surface area contributed by atoms with Crippen molar-refractivity contribution in [3.63, 3.8) is 0 Å². The molecule has 1 aromatic carbocycles. The van der Waals surface area contributed by atoms with Gasteiger partial charge < -0.3 is 15.2 Å². The first-order valence-electron chi connectivity index (χ1n) is 6.75. The molecule has 0 aliphatic carbocycles. The van der Waals surface area contributed by atoms with Crippen molar-refractivity contribution in [2.24, 2.45) is 0 Å². The fourth-order valence-corrected chi connectivity index (χ4v) is 2.62. The van der Waals surface area contributed by atoms with E-state index in [9.17, 15) is 0 Å². The highest BCUT2D eigenvalue weighted by molar-refractivity contribution is 7.13. The number of pyridine rings is 1. The second kappa shape index (κ2) is 6.55. The standard InChI is InChI=1S/C16H15N3O2S/c1-11-10-22-16(18-11)19-14-4-2-3-5-15(14)21-13-6-12(9-20)7-17-8-13/h2-8,10,20H,9H2,1H3,(H,18,19). The number of rotatable bonds is 5. The summed E-state index contributed by atoms with van der Waals surface area (Å²) in [5.74, 6) is 1.25. The second-order valence-electron chi connectivity index (χ2n) is 4.70. The van der Waals surface area contributed by atoms with Crippen LogP contribution in [0.25, 0.3) is 0 Å². The van der Waals surface area contributed by atoms with E-state index in [-0.39, 0.29) is 6.61 Å². The van der Waals surface area contributed by atoms with E-state index in [1.807, 2.05) is 36.6 Å². The molecule has 0 atom stereocenters. The molecular formula is C16H15N3O2S. The summed E-state index contributed by atoms with van der Waals surface area (Å²) in [6.45, 7) is 1.89. The van der Waals surface area contributed by atoms with Crippen molar-refractivity contribution in [2.75, 3.05) is 5.32 Å². The van der Waals surface area contributed by atoms with Crippen LogP contribution in [0.2, 0.25) is 0 Å². The van der Waals surface area contributed by atoms with Gasteiger partial charge in [0.1, 0.15) is 5.75 Å². The maximum atomic E-state index is 9.17. The van der Waals surface area contributed by atoms with Crippen LogP contribution in [0.4, 0.5) is 10.8 Å². The molecule has 2 heterocycles. The van der Waals surface area contributed by atoms with Gasteiger partial charge in [0.2, 0.25) is 0 Å². The predicted octanol–water partition coefficient (Wildman–Crippen LogP) is 3.87. The number of hydrogen-bond acceptors (Lipinski definition) is 6. The Morgan fingerprint density at radius 2 is 2.14 bits per heavy atom. The quantitative estimate of drug-likeness (QED) is 0.748. The van der Waals surface area contributed by atoms with E-state index >= 15 is 0 Å². The maximum Gasteiger partial charge on any atom is 0.187 e. The van der Waals surface area contributed by atoms with Gasteiger partial charge in [0.15, 0.2) is 10.9 Å². The topological polar surface area (TPSA) is 67.3 Å². The number of thiazole rings is 1. The molecule has 0 amide bonds. The van der Waals surface area contributed by atoms with Crippen molar-refractivity contribution in [1.82, 2.24) is 9.97 Å². The molecule has 0 bridgehead atoms. The fraction of sp³-hybridized carbons (Fsp3) is 0.125. The second-order valence-corrected chi connectivity index (χ2v) is 5.56. The Balaban J connectivity index is 1.84. The van der Waals surface area contributed by atoms with E-state index in [4.69, 9.17) is 9.84 Å². The smallest absolute Gasteiger partial charge is 0.187 e. The van der Waals surface area contributed by atoms with Gasteiger partial charge in [0, 0.05) is 11.6 Å². The number of aliphatic hydroxyl groups excluding tert-OH is 1. The monoisotopic (exact) mass is 313 g/mol. The molecule has 0 fully saturated rings. The lowest BCUT2D eigenvalue weighted by Gasteiger charge is -2.11. The molecule has 2 aromatic heterocycles. The Bertz CT molecular complexity index is 773. The highest BCUT2D eigenvalue weighted by Crippen LogP contribution is 2.32. The minimum absolute atomic E-state index is 0.0670. The number of hydrogen-bond donors (Lipinski definition) is 2. The van der Waals surface area contributed by atoms with Crippen molar-refractivity contribution in [3.05, 3.63) is 59.4 Å². The number of aromatic nitrogens is 2. The summed E-state index contributed by atoms with van der Waals surface area (Å²) in [7, 11) is 0. The zero-order valence-electron chi connectivity index (χ0n) is 12.0. The lowest BCUT2D eigenvalue weighted by Crippen LogP contribution is -1.95. The Morgan fingerprint density at radius 3 is 2.91 bits per heavy atom. The average molecular weight is 313 g/mol. The van der Waals surface area contributed by atoms with Crippen molar-refractivity contribution >= 4 is 22.2 Å². The number of aryl methyl sites for hydroxylation is 1. The molecule has 0 aliphatic heterocycles. The van der Waals surface area contributed by atoms with Crippen molar-refractivity contribution in [1.29, 1.82) is 0 Å². The Hall–Kier alpha value is -2.44. The normalized spacial score (nSPS) is 10.5. The number of para-hydroxylation sites is 2. The molecule has 0 unspecified atom stereocenters. The first-order valence-corrected chi connectivity index (χ1v) is 7.63. The fourth-order valence-electron chi connectivity index (χ4n) is 1.92. The number of nitrogens with one attached hydrogen (secondary N) is 1. The average Bonchev–Trinajstić information content (AvgIpc) is 2.94. The first-order chi connectivity index (χ1) is 10.7. The minimum Gasteiger partial charge on any atom is -0.454 e. The molecule has 22 heavy (non-hydrogen) atoms. The molecule has 0 spiro atoms. The zero-order valence-corrected chi connectivity index (χ0v) is 12.8. The molecule has 6 heteroatoms. The van der Waals surface area contributed by atoms with Gasteiger partial charge in [0.05, 0.1) is 24.2 Å². The van der Waals surface area contributed by atoms with Gasteiger partial charge in [-0.05, 0) is 30.7 Å². The molecule has 0 radical (unpaired) electrons. The predicted molar refractivity (Wildman–Crippen MR) is 86.8 cm³/mol. The van der Waals surface area contributed by atoms with E-state index < -0.39 is 0 Å². The van der Waals surface area contributed by atoms with Gasteiger partial charge in [-0.3, -0.25) is 4.98 Å². The van der Waals surface area contributed by atoms with E-state index in [2.05, 4.69) is 15.3 Å². The molecule has 0 saturated carbocycles. The Morgan fingerprint density at radius 1 is 1.27 bits per heavy atom. The molecule has 0 aliphatic rings. The van der Waals surface area contributed by atoms with Gasteiger partial charge in [-0.25, -0.2) is 4.98 Å². The molecular weight excluding hydrogens is 298 g/mol. The van der Waals surface area contributed by atoms with Gasteiger partial charge in [-0.2, -0.15) is 0 Å². The van der Waals surface area contributed by atoms with Crippen LogP contribution in [-0.2, 0) is 6.61 Å². The van der Waals surface area contributed by atoms with E-state index in [0.717, 1.165) is 16.5 Å². The van der Waals surface area contributed by atoms with Gasteiger partial charge in [0.25, 0.3) is 0 Å². The Kier molecular flexibility index (Phi) is 4.32. The molecule has 0 saturated heterocycles.